The molecule has 1 aliphatic heterocycles. The Morgan fingerprint density at radius 1 is 1.04 bits per heavy atom. The molecule has 1 aromatic carbocycles. The van der Waals surface area contributed by atoms with E-state index < -0.39 is 23.1 Å². The molecule has 4 rings (SSSR count). The number of anilines is 1. The highest BCUT2D eigenvalue weighted by molar-refractivity contribution is 5.90. The van der Waals surface area contributed by atoms with Crippen molar-refractivity contribution in [2.24, 2.45) is 11.3 Å². The molecule has 0 spiro atoms. The summed E-state index contributed by atoms with van der Waals surface area (Å²) in [6.07, 6.45) is 2.36. The number of rotatable bonds is 1. The van der Waals surface area contributed by atoms with Crippen molar-refractivity contribution in [3.8, 4) is 5.75 Å². The maximum absolute atomic E-state index is 13.0. The number of hydrogen-bond acceptors (Lipinski definition) is 5. The summed E-state index contributed by atoms with van der Waals surface area (Å²) in [5.74, 6) is -0.626. The third-order valence-electron chi connectivity index (χ3n) is 5.00. The van der Waals surface area contributed by atoms with Gasteiger partial charge in [-0.1, -0.05) is 32.1 Å². The van der Waals surface area contributed by atoms with Crippen molar-refractivity contribution in [3.63, 3.8) is 0 Å². The van der Waals surface area contributed by atoms with Crippen molar-refractivity contribution >= 4 is 11.6 Å². The van der Waals surface area contributed by atoms with Gasteiger partial charge in [-0.2, -0.15) is 0 Å². The van der Waals surface area contributed by atoms with Crippen LogP contribution < -0.4 is 16.6 Å². The van der Waals surface area contributed by atoms with Crippen LogP contribution in [0.25, 0.3) is 0 Å². The fourth-order valence-electron chi connectivity index (χ4n) is 4.02. The lowest BCUT2D eigenvalue weighted by molar-refractivity contribution is -0.124. The summed E-state index contributed by atoms with van der Waals surface area (Å²) in [4.78, 5) is 42.1. The van der Waals surface area contributed by atoms with E-state index in [1.54, 1.807) is 12.1 Å². The first-order chi connectivity index (χ1) is 12.2. The molecule has 0 amide bonds. The molecule has 0 saturated heterocycles. The van der Waals surface area contributed by atoms with Gasteiger partial charge < -0.3 is 10.4 Å². The second-order valence-corrected chi connectivity index (χ2v) is 7.60. The van der Waals surface area contributed by atoms with Crippen molar-refractivity contribution in [2.45, 2.75) is 26.2 Å². The van der Waals surface area contributed by atoms with Crippen LogP contribution in [0.2, 0.25) is 0 Å². The number of aromatic hydroxyl groups is 1. The van der Waals surface area contributed by atoms with Crippen molar-refractivity contribution < 1.29 is 9.90 Å². The Kier molecular flexibility index (Phi) is 3.44. The lowest BCUT2D eigenvalue weighted by atomic mass is 9.67. The summed E-state index contributed by atoms with van der Waals surface area (Å²) in [5, 5.41) is 12.7. The molecule has 2 atom stereocenters. The topological polar surface area (TPSA) is 115 Å². The first-order valence-corrected chi connectivity index (χ1v) is 8.43. The summed E-state index contributed by atoms with van der Waals surface area (Å²) >= 11 is 0. The quantitative estimate of drug-likeness (QED) is 0.624. The van der Waals surface area contributed by atoms with Crippen LogP contribution in [-0.2, 0) is 4.79 Å². The maximum atomic E-state index is 13.0. The van der Waals surface area contributed by atoms with Crippen LogP contribution in [0.3, 0.4) is 0 Å². The van der Waals surface area contributed by atoms with Crippen molar-refractivity contribution in [1.29, 1.82) is 0 Å². The smallest absolute Gasteiger partial charge is 0.327 e. The maximum Gasteiger partial charge on any atom is 0.327 e. The number of carbonyl (C=O) groups is 1. The summed E-state index contributed by atoms with van der Waals surface area (Å²) in [5.41, 5.74) is 0.307. The van der Waals surface area contributed by atoms with Gasteiger partial charge in [-0.15, -0.1) is 0 Å². The molecule has 0 radical (unpaired) electrons. The van der Waals surface area contributed by atoms with Gasteiger partial charge in [0.2, 0.25) is 0 Å². The SMILES string of the molecule is CC1(C)C=C2Nc3[nH]c(=O)[nH]c(=O)c3C(c3ccc(O)cc3)C2C(=O)C1. The number of Topliss-reactive ketones (excluding diaryl/α,β-unsaturated/α-hetero) is 1. The summed E-state index contributed by atoms with van der Waals surface area (Å²) in [6, 6.07) is 6.45. The van der Waals surface area contributed by atoms with E-state index >= 15 is 0 Å². The number of allylic oxidation sites excluding steroid dienone is 2. The van der Waals surface area contributed by atoms with Crippen molar-refractivity contribution in [3.05, 3.63) is 68.0 Å². The Balaban J connectivity index is 2.00. The summed E-state index contributed by atoms with van der Waals surface area (Å²) in [6.45, 7) is 3.95. The van der Waals surface area contributed by atoms with E-state index in [4.69, 9.17) is 0 Å². The van der Waals surface area contributed by atoms with Crippen LogP contribution in [0.4, 0.5) is 5.82 Å². The minimum absolute atomic E-state index is 0.0364. The average Bonchev–Trinajstić information content (AvgIpc) is 2.52. The molecule has 4 N–H and O–H groups in total. The normalized spacial score (nSPS) is 23.5. The zero-order chi connectivity index (χ0) is 18.6. The minimum Gasteiger partial charge on any atom is -0.508 e. The molecule has 2 unspecified atom stereocenters. The van der Waals surface area contributed by atoms with Gasteiger partial charge >= 0.3 is 5.69 Å². The highest BCUT2D eigenvalue weighted by Gasteiger charge is 2.45. The molecule has 2 aliphatic rings. The van der Waals surface area contributed by atoms with Gasteiger partial charge in [-0.25, -0.2) is 4.79 Å². The molecule has 1 aromatic heterocycles. The standard InChI is InChI=1S/C19H19N3O4/c1-19(2)7-11-14(12(24)8-19)13(9-3-5-10(23)6-4-9)15-16(20-11)21-18(26)22-17(15)25/h3-7,13-14,23H,8H2,1-2H3,(H3,20,21,22,25,26). The lowest BCUT2D eigenvalue weighted by Gasteiger charge is -2.40. The molecule has 2 heterocycles. The lowest BCUT2D eigenvalue weighted by Crippen LogP contribution is -2.43. The summed E-state index contributed by atoms with van der Waals surface area (Å²) < 4.78 is 0. The number of carbonyl (C=O) groups excluding carboxylic acids is 1. The van der Waals surface area contributed by atoms with Gasteiger partial charge in [0, 0.05) is 18.0 Å². The van der Waals surface area contributed by atoms with Crippen molar-refractivity contribution in [1.82, 2.24) is 9.97 Å². The number of nitrogens with one attached hydrogen (secondary N) is 3. The molecule has 134 valence electrons. The molecule has 26 heavy (non-hydrogen) atoms. The molecule has 7 heteroatoms. The van der Waals surface area contributed by atoms with Crippen LogP contribution in [0, 0.1) is 11.3 Å². The Labute approximate surface area is 148 Å². The number of benzene rings is 1. The Morgan fingerprint density at radius 2 is 1.73 bits per heavy atom. The third kappa shape index (κ3) is 2.56. The van der Waals surface area contributed by atoms with Gasteiger partial charge in [-0.3, -0.25) is 19.6 Å². The van der Waals surface area contributed by atoms with Crippen LogP contribution >= 0.6 is 0 Å². The van der Waals surface area contributed by atoms with Crippen LogP contribution in [-0.4, -0.2) is 20.9 Å². The minimum atomic E-state index is -0.605. The molecule has 1 aliphatic carbocycles. The Bertz CT molecular complexity index is 1040. The van der Waals surface area contributed by atoms with Crippen LogP contribution in [0.5, 0.6) is 5.75 Å². The van der Waals surface area contributed by atoms with Gasteiger partial charge in [0.15, 0.2) is 0 Å². The average molecular weight is 353 g/mol. The zero-order valence-electron chi connectivity index (χ0n) is 14.4. The molecule has 0 saturated carbocycles. The number of aromatic nitrogens is 2. The Hall–Kier alpha value is -3.09. The van der Waals surface area contributed by atoms with Crippen molar-refractivity contribution in [2.75, 3.05) is 5.32 Å². The molecule has 0 fully saturated rings. The van der Waals surface area contributed by atoms with Gasteiger partial charge in [0.25, 0.3) is 5.56 Å². The largest absolute Gasteiger partial charge is 0.508 e. The number of phenols is 1. The van der Waals surface area contributed by atoms with E-state index in [0.717, 1.165) is 5.56 Å². The Morgan fingerprint density at radius 3 is 2.42 bits per heavy atom. The van der Waals surface area contributed by atoms with Gasteiger partial charge in [0.05, 0.1) is 11.5 Å². The molecule has 0 bridgehead atoms. The third-order valence-corrected chi connectivity index (χ3v) is 5.00. The predicted molar refractivity (Wildman–Crippen MR) is 96.2 cm³/mol. The van der Waals surface area contributed by atoms with E-state index in [2.05, 4.69) is 15.3 Å². The first kappa shape index (κ1) is 16.4. The first-order valence-electron chi connectivity index (χ1n) is 8.43. The molecular formula is C19H19N3O4. The molecule has 7 nitrogen and oxygen atoms in total. The number of fused-ring (bicyclic) bond motifs is 2. The predicted octanol–water partition coefficient (Wildman–Crippen LogP) is 1.83. The second-order valence-electron chi connectivity index (χ2n) is 7.60. The van der Waals surface area contributed by atoms with E-state index in [9.17, 15) is 19.5 Å². The van der Waals surface area contributed by atoms with Crippen LogP contribution in [0.1, 0.15) is 37.3 Å². The highest BCUT2D eigenvalue weighted by atomic mass is 16.3. The van der Waals surface area contributed by atoms with Gasteiger partial charge in [0.1, 0.15) is 17.4 Å². The fraction of sp³-hybridized carbons (Fsp3) is 0.316. The molecule has 2 aromatic rings. The van der Waals surface area contributed by atoms with E-state index in [1.165, 1.54) is 12.1 Å². The molecular weight excluding hydrogens is 334 g/mol. The number of ketones is 1. The fourth-order valence-corrected chi connectivity index (χ4v) is 4.02. The summed E-state index contributed by atoms with van der Waals surface area (Å²) in [7, 11) is 0. The highest BCUT2D eigenvalue weighted by Crippen LogP contribution is 2.47. The van der Waals surface area contributed by atoms with E-state index in [-0.39, 0.29) is 16.9 Å². The second kappa shape index (κ2) is 5.45. The monoisotopic (exact) mass is 353 g/mol. The van der Waals surface area contributed by atoms with Gasteiger partial charge in [-0.05, 0) is 23.1 Å². The zero-order valence-corrected chi connectivity index (χ0v) is 14.4. The van der Waals surface area contributed by atoms with E-state index in [0.29, 0.717) is 23.5 Å². The number of aromatic amines is 2. The van der Waals surface area contributed by atoms with E-state index in [1.807, 2.05) is 19.9 Å². The van der Waals surface area contributed by atoms with Crippen LogP contribution in [0.15, 0.2) is 45.6 Å². The number of H-pyrrole nitrogens is 2. The number of hydrogen-bond donors (Lipinski definition) is 4. The number of phenolic OH excluding ortho intramolecular Hbond substituents is 1.